The minimum Gasteiger partial charge on any atom is -0.390 e. The van der Waals surface area contributed by atoms with Gasteiger partial charge in [0, 0.05) is 29.8 Å². The molecule has 0 unspecified atom stereocenters. The molecule has 0 radical (unpaired) electrons. The molecule has 2 aliphatic rings. The molecule has 1 atom stereocenters. The maximum atomic E-state index is 14.2. The number of halogens is 2. The lowest BCUT2D eigenvalue weighted by Gasteiger charge is -2.42. The quantitative estimate of drug-likeness (QED) is 0.698. The van der Waals surface area contributed by atoms with Gasteiger partial charge in [-0.25, -0.2) is 15.0 Å². The van der Waals surface area contributed by atoms with Gasteiger partial charge in [0.25, 0.3) is 0 Å². The highest BCUT2D eigenvalue weighted by atomic mass is 79.9. The minimum absolute atomic E-state index is 0.250. The Balaban J connectivity index is 1.64. The molecule has 1 saturated heterocycles. The normalized spacial score (nSPS) is 21.5. The highest BCUT2D eigenvalue weighted by Crippen LogP contribution is 2.46. The topological polar surface area (TPSA) is 88.2 Å². The van der Waals surface area contributed by atoms with Crippen molar-refractivity contribution in [1.29, 1.82) is 0 Å². The van der Waals surface area contributed by atoms with Gasteiger partial charge in [0.05, 0.1) is 23.6 Å². The Hall–Kier alpha value is -1.64. The lowest BCUT2D eigenvalue weighted by atomic mass is 9.74. The van der Waals surface area contributed by atoms with Gasteiger partial charge >= 0.3 is 0 Å². The molecule has 28 heavy (non-hydrogen) atoms. The van der Waals surface area contributed by atoms with E-state index < -0.39 is 5.95 Å². The summed E-state index contributed by atoms with van der Waals surface area (Å²) in [6.45, 7) is 3.26. The molecule has 3 N–H and O–H groups in total. The van der Waals surface area contributed by atoms with E-state index in [0.29, 0.717) is 27.4 Å². The van der Waals surface area contributed by atoms with E-state index in [1.54, 1.807) is 6.07 Å². The number of hydrogen-bond donors (Lipinski definition) is 2. The summed E-state index contributed by atoms with van der Waals surface area (Å²) in [7, 11) is 0. The number of piperidine rings is 1. The summed E-state index contributed by atoms with van der Waals surface area (Å²) in [5.41, 5.74) is 8.40. The molecule has 6 nitrogen and oxygen atoms in total. The summed E-state index contributed by atoms with van der Waals surface area (Å²) in [4.78, 5) is 15.2. The molecule has 0 aromatic carbocycles. The van der Waals surface area contributed by atoms with Gasteiger partial charge in [0.2, 0.25) is 5.95 Å². The molecule has 1 saturated carbocycles. The molecule has 0 amide bonds. The van der Waals surface area contributed by atoms with Crippen molar-refractivity contribution in [2.45, 2.75) is 51.7 Å². The molecular weight excluding hydrogens is 425 g/mol. The van der Waals surface area contributed by atoms with Crippen molar-refractivity contribution in [2.75, 3.05) is 18.0 Å². The molecule has 1 aliphatic carbocycles. The molecular formula is C20H25BrFN5O. The number of aliphatic hydroxyl groups is 1. The van der Waals surface area contributed by atoms with Crippen molar-refractivity contribution >= 4 is 21.7 Å². The van der Waals surface area contributed by atoms with Crippen LogP contribution in [0.4, 0.5) is 10.2 Å². The summed E-state index contributed by atoms with van der Waals surface area (Å²) in [5, 5.41) is 9.91. The zero-order chi connectivity index (χ0) is 19.9. The Morgan fingerprint density at radius 1 is 1.32 bits per heavy atom. The first kappa shape index (κ1) is 19.7. The van der Waals surface area contributed by atoms with Crippen molar-refractivity contribution in [1.82, 2.24) is 15.0 Å². The van der Waals surface area contributed by atoms with E-state index in [2.05, 4.69) is 30.8 Å². The molecule has 1 aliphatic heterocycles. The second kappa shape index (κ2) is 7.65. The fourth-order valence-electron chi connectivity index (χ4n) is 4.70. The maximum Gasteiger partial charge on any atom is 0.222 e. The van der Waals surface area contributed by atoms with Gasteiger partial charge < -0.3 is 15.7 Å². The van der Waals surface area contributed by atoms with Crippen LogP contribution in [-0.2, 0) is 6.61 Å². The Labute approximate surface area is 172 Å². The van der Waals surface area contributed by atoms with Crippen LogP contribution < -0.4 is 10.6 Å². The van der Waals surface area contributed by atoms with Crippen molar-refractivity contribution in [3.05, 3.63) is 34.1 Å². The van der Waals surface area contributed by atoms with Crippen molar-refractivity contribution in [3.8, 4) is 11.3 Å². The van der Waals surface area contributed by atoms with E-state index in [1.165, 1.54) is 19.0 Å². The number of aryl methyl sites for hydroxylation is 1. The maximum absolute atomic E-state index is 14.2. The third-order valence-corrected chi connectivity index (χ3v) is 6.80. The molecule has 1 spiro atoms. The van der Waals surface area contributed by atoms with Crippen LogP contribution >= 0.6 is 15.9 Å². The first-order chi connectivity index (χ1) is 13.4. The zero-order valence-electron chi connectivity index (χ0n) is 16.0. The van der Waals surface area contributed by atoms with Gasteiger partial charge in [-0.2, -0.15) is 4.39 Å². The highest BCUT2D eigenvalue weighted by molar-refractivity contribution is 9.10. The molecule has 3 heterocycles. The van der Waals surface area contributed by atoms with Crippen molar-refractivity contribution in [3.63, 3.8) is 0 Å². The number of pyridine rings is 1. The van der Waals surface area contributed by atoms with Crippen molar-refractivity contribution in [2.24, 2.45) is 11.1 Å². The number of nitrogens with two attached hydrogens (primary N) is 1. The van der Waals surface area contributed by atoms with Gasteiger partial charge in [-0.05, 0) is 60.0 Å². The van der Waals surface area contributed by atoms with E-state index in [4.69, 9.17) is 10.7 Å². The summed E-state index contributed by atoms with van der Waals surface area (Å²) in [6, 6.07) is 1.92. The first-order valence-electron chi connectivity index (χ1n) is 9.74. The second-order valence-corrected chi connectivity index (χ2v) is 8.84. The minimum atomic E-state index is -0.604. The number of anilines is 1. The van der Waals surface area contributed by atoms with Gasteiger partial charge in [0.15, 0.2) is 5.82 Å². The van der Waals surface area contributed by atoms with Crippen LogP contribution in [0.5, 0.6) is 0 Å². The Morgan fingerprint density at radius 3 is 2.71 bits per heavy atom. The van der Waals surface area contributed by atoms with Crippen LogP contribution in [-0.4, -0.2) is 39.2 Å². The third-order valence-electron chi connectivity index (χ3n) is 6.37. The van der Waals surface area contributed by atoms with E-state index in [9.17, 15) is 9.50 Å². The van der Waals surface area contributed by atoms with Crippen LogP contribution in [0.15, 0.2) is 16.7 Å². The predicted molar refractivity (Wildman–Crippen MR) is 109 cm³/mol. The summed E-state index contributed by atoms with van der Waals surface area (Å²) >= 11 is 3.32. The van der Waals surface area contributed by atoms with E-state index in [1.807, 2.05) is 6.92 Å². The standard InChI is InChI=1S/C20H25BrFN5O/c1-12-17(14-9-13(21)10-24-18(14)22)26-15(11-28)19(25-12)27-7-5-20(6-8-27)4-2-3-16(20)23/h9-10,16,28H,2-8,11,23H2,1H3/t16-/m1/s1. The SMILES string of the molecule is Cc1nc(N2CCC3(CCC[C@H]3N)CC2)c(CO)nc1-c1cc(Br)cnc1F. The average Bonchev–Trinajstić information content (AvgIpc) is 3.04. The highest BCUT2D eigenvalue weighted by Gasteiger charge is 2.43. The van der Waals surface area contributed by atoms with Crippen LogP contribution in [0.25, 0.3) is 11.3 Å². The van der Waals surface area contributed by atoms with Gasteiger partial charge in [0.1, 0.15) is 5.69 Å². The Morgan fingerprint density at radius 2 is 2.07 bits per heavy atom. The monoisotopic (exact) mass is 449 g/mol. The number of rotatable bonds is 3. The molecule has 2 fully saturated rings. The third kappa shape index (κ3) is 3.42. The lowest BCUT2D eigenvalue weighted by Crippen LogP contribution is -2.47. The van der Waals surface area contributed by atoms with E-state index in [0.717, 1.165) is 32.4 Å². The summed E-state index contributed by atoms with van der Waals surface area (Å²) < 4.78 is 14.9. The Bertz CT molecular complexity index is 885. The van der Waals surface area contributed by atoms with E-state index >= 15 is 0 Å². The van der Waals surface area contributed by atoms with Crippen LogP contribution in [0.1, 0.15) is 43.5 Å². The zero-order valence-corrected chi connectivity index (χ0v) is 17.5. The molecule has 0 bridgehead atoms. The summed E-state index contributed by atoms with van der Waals surface area (Å²) in [5.74, 6) is 0.0842. The fraction of sp³-hybridized carbons (Fsp3) is 0.550. The van der Waals surface area contributed by atoms with Gasteiger partial charge in [-0.15, -0.1) is 0 Å². The fourth-order valence-corrected chi connectivity index (χ4v) is 5.03. The molecule has 4 rings (SSSR count). The molecule has 2 aromatic heterocycles. The molecule has 2 aromatic rings. The largest absolute Gasteiger partial charge is 0.390 e. The molecule has 150 valence electrons. The number of aromatic nitrogens is 3. The van der Waals surface area contributed by atoms with Gasteiger partial charge in [-0.1, -0.05) is 6.42 Å². The van der Waals surface area contributed by atoms with Crippen LogP contribution in [0.2, 0.25) is 0 Å². The van der Waals surface area contributed by atoms with Crippen LogP contribution in [0.3, 0.4) is 0 Å². The number of aliphatic hydroxyl groups excluding tert-OH is 1. The second-order valence-electron chi connectivity index (χ2n) is 7.93. The van der Waals surface area contributed by atoms with Crippen LogP contribution in [0, 0.1) is 18.3 Å². The molecule has 8 heteroatoms. The lowest BCUT2D eigenvalue weighted by molar-refractivity contribution is 0.196. The van der Waals surface area contributed by atoms with Crippen molar-refractivity contribution < 1.29 is 9.50 Å². The Kier molecular flexibility index (Phi) is 5.37. The predicted octanol–water partition coefficient (Wildman–Crippen LogP) is 3.34. The smallest absolute Gasteiger partial charge is 0.222 e. The summed E-state index contributed by atoms with van der Waals surface area (Å²) in [6.07, 6.45) is 7.00. The number of hydrogen-bond acceptors (Lipinski definition) is 6. The first-order valence-corrected chi connectivity index (χ1v) is 10.5. The average molecular weight is 450 g/mol. The number of nitrogens with zero attached hydrogens (tertiary/aromatic N) is 4. The van der Waals surface area contributed by atoms with Gasteiger partial charge in [-0.3, -0.25) is 0 Å². The van der Waals surface area contributed by atoms with E-state index in [-0.39, 0.29) is 23.6 Å².